The molecule has 1 fully saturated rings. The SMILES string of the molecule is CC(C)CCCN1CCCC(O)C1. The van der Waals surface area contributed by atoms with E-state index in [1.807, 2.05) is 0 Å². The summed E-state index contributed by atoms with van der Waals surface area (Å²) in [4.78, 5) is 2.40. The molecule has 1 saturated heterocycles. The van der Waals surface area contributed by atoms with Crippen LogP contribution in [0.3, 0.4) is 0 Å². The topological polar surface area (TPSA) is 23.5 Å². The average molecular weight is 185 g/mol. The molecule has 1 heterocycles. The fraction of sp³-hybridized carbons (Fsp3) is 1.00. The van der Waals surface area contributed by atoms with Gasteiger partial charge in [-0.15, -0.1) is 0 Å². The minimum atomic E-state index is -0.0622. The van der Waals surface area contributed by atoms with Gasteiger partial charge in [-0.2, -0.15) is 0 Å². The summed E-state index contributed by atoms with van der Waals surface area (Å²) in [5.74, 6) is 0.815. The third-order valence-corrected chi connectivity index (χ3v) is 2.74. The van der Waals surface area contributed by atoms with Crippen LogP contribution in [0.2, 0.25) is 0 Å². The molecule has 1 N–H and O–H groups in total. The molecular weight excluding hydrogens is 162 g/mol. The molecule has 0 aromatic carbocycles. The van der Waals surface area contributed by atoms with Crippen LogP contribution in [0, 0.1) is 5.92 Å². The third kappa shape index (κ3) is 4.63. The van der Waals surface area contributed by atoms with Crippen molar-refractivity contribution >= 4 is 0 Å². The zero-order valence-electron chi connectivity index (χ0n) is 9.00. The summed E-state index contributed by atoms with van der Waals surface area (Å²) in [7, 11) is 0. The van der Waals surface area contributed by atoms with E-state index in [0.29, 0.717) is 0 Å². The first-order valence-electron chi connectivity index (χ1n) is 5.59. The first kappa shape index (κ1) is 11.0. The Bertz CT molecular complexity index is 136. The molecule has 1 aliphatic rings. The van der Waals surface area contributed by atoms with E-state index in [-0.39, 0.29) is 6.10 Å². The van der Waals surface area contributed by atoms with E-state index < -0.39 is 0 Å². The van der Waals surface area contributed by atoms with Crippen LogP contribution in [0.4, 0.5) is 0 Å². The molecule has 78 valence electrons. The molecule has 1 atom stereocenters. The summed E-state index contributed by atoms with van der Waals surface area (Å²) in [6.45, 7) is 7.80. The van der Waals surface area contributed by atoms with Crippen LogP contribution in [0.15, 0.2) is 0 Å². The standard InChI is InChI=1S/C11H23NO/c1-10(2)5-3-7-12-8-4-6-11(13)9-12/h10-11,13H,3-9H2,1-2H3. The highest BCUT2D eigenvalue weighted by molar-refractivity contribution is 4.71. The minimum Gasteiger partial charge on any atom is -0.392 e. The molecule has 13 heavy (non-hydrogen) atoms. The molecule has 0 amide bonds. The maximum absolute atomic E-state index is 9.45. The summed E-state index contributed by atoms with van der Waals surface area (Å²) in [6.07, 6.45) is 4.70. The zero-order chi connectivity index (χ0) is 9.68. The molecule has 0 aromatic rings. The van der Waals surface area contributed by atoms with Gasteiger partial charge in [-0.3, -0.25) is 0 Å². The van der Waals surface area contributed by atoms with Gasteiger partial charge in [0.25, 0.3) is 0 Å². The summed E-state index contributed by atoms with van der Waals surface area (Å²) in [6, 6.07) is 0. The van der Waals surface area contributed by atoms with Gasteiger partial charge in [0.15, 0.2) is 0 Å². The van der Waals surface area contributed by atoms with Crippen LogP contribution in [0.1, 0.15) is 39.5 Å². The highest BCUT2D eigenvalue weighted by Crippen LogP contribution is 2.11. The fourth-order valence-electron chi connectivity index (χ4n) is 1.96. The number of aliphatic hydroxyl groups is 1. The molecule has 0 saturated carbocycles. The molecule has 1 aliphatic heterocycles. The Morgan fingerprint density at radius 1 is 1.46 bits per heavy atom. The van der Waals surface area contributed by atoms with Gasteiger partial charge >= 0.3 is 0 Å². The van der Waals surface area contributed by atoms with Crippen molar-refractivity contribution in [3.8, 4) is 0 Å². The van der Waals surface area contributed by atoms with Crippen LogP contribution in [-0.2, 0) is 0 Å². The highest BCUT2D eigenvalue weighted by Gasteiger charge is 2.16. The molecule has 0 aromatic heterocycles. The molecule has 1 unspecified atom stereocenters. The lowest BCUT2D eigenvalue weighted by molar-refractivity contribution is 0.0694. The number of piperidine rings is 1. The van der Waals surface area contributed by atoms with E-state index in [4.69, 9.17) is 0 Å². The molecule has 2 nitrogen and oxygen atoms in total. The highest BCUT2D eigenvalue weighted by atomic mass is 16.3. The molecule has 0 aliphatic carbocycles. The normalized spacial score (nSPS) is 25.4. The number of likely N-dealkylation sites (tertiary alicyclic amines) is 1. The van der Waals surface area contributed by atoms with Gasteiger partial charge in [0.05, 0.1) is 6.10 Å². The molecule has 0 bridgehead atoms. The third-order valence-electron chi connectivity index (χ3n) is 2.74. The quantitative estimate of drug-likeness (QED) is 0.723. The minimum absolute atomic E-state index is 0.0622. The number of β-amino-alcohol motifs (C(OH)–C–C–N with tert-alkyl or cyclic N) is 1. The second-order valence-corrected chi connectivity index (χ2v) is 4.63. The molecule has 0 radical (unpaired) electrons. The van der Waals surface area contributed by atoms with Crippen molar-refractivity contribution < 1.29 is 5.11 Å². The molecular formula is C11H23NO. The molecule has 2 heteroatoms. The van der Waals surface area contributed by atoms with Crippen molar-refractivity contribution in [1.29, 1.82) is 0 Å². The Hall–Kier alpha value is -0.0800. The summed E-state index contributed by atoms with van der Waals surface area (Å²) < 4.78 is 0. The van der Waals surface area contributed by atoms with E-state index >= 15 is 0 Å². The van der Waals surface area contributed by atoms with Crippen molar-refractivity contribution in [3.63, 3.8) is 0 Å². The van der Waals surface area contributed by atoms with Crippen molar-refractivity contribution in [3.05, 3.63) is 0 Å². The Morgan fingerprint density at radius 2 is 2.23 bits per heavy atom. The second-order valence-electron chi connectivity index (χ2n) is 4.63. The van der Waals surface area contributed by atoms with Gasteiger partial charge in [-0.05, 0) is 44.7 Å². The van der Waals surface area contributed by atoms with Gasteiger partial charge < -0.3 is 10.0 Å². The zero-order valence-corrected chi connectivity index (χ0v) is 9.00. The first-order chi connectivity index (χ1) is 6.18. The van der Waals surface area contributed by atoms with Gasteiger partial charge in [0, 0.05) is 6.54 Å². The van der Waals surface area contributed by atoms with E-state index in [1.165, 1.54) is 32.4 Å². The summed E-state index contributed by atoms with van der Waals surface area (Å²) in [5, 5.41) is 9.45. The predicted octanol–water partition coefficient (Wildman–Crippen LogP) is 1.88. The van der Waals surface area contributed by atoms with E-state index in [0.717, 1.165) is 18.9 Å². The van der Waals surface area contributed by atoms with E-state index in [2.05, 4.69) is 18.7 Å². The van der Waals surface area contributed by atoms with E-state index in [9.17, 15) is 5.11 Å². The number of aliphatic hydroxyl groups excluding tert-OH is 1. The lowest BCUT2D eigenvalue weighted by Gasteiger charge is -2.30. The van der Waals surface area contributed by atoms with E-state index in [1.54, 1.807) is 0 Å². The van der Waals surface area contributed by atoms with Crippen molar-refractivity contribution in [1.82, 2.24) is 4.90 Å². The van der Waals surface area contributed by atoms with Gasteiger partial charge in [-0.1, -0.05) is 13.8 Å². The first-order valence-corrected chi connectivity index (χ1v) is 5.59. The monoisotopic (exact) mass is 185 g/mol. The maximum atomic E-state index is 9.45. The Kier molecular flexibility index (Phi) is 4.74. The van der Waals surface area contributed by atoms with Gasteiger partial charge in [0.1, 0.15) is 0 Å². The van der Waals surface area contributed by atoms with Crippen molar-refractivity contribution in [2.24, 2.45) is 5.92 Å². The second kappa shape index (κ2) is 5.61. The summed E-state index contributed by atoms with van der Waals surface area (Å²) >= 11 is 0. The number of hydrogen-bond acceptors (Lipinski definition) is 2. The lowest BCUT2D eigenvalue weighted by atomic mass is 10.1. The smallest absolute Gasteiger partial charge is 0.0667 e. The van der Waals surface area contributed by atoms with Crippen LogP contribution < -0.4 is 0 Å². The average Bonchev–Trinajstić information content (AvgIpc) is 2.03. The Labute approximate surface area is 81.9 Å². The van der Waals surface area contributed by atoms with Crippen LogP contribution in [-0.4, -0.2) is 35.7 Å². The fourth-order valence-corrected chi connectivity index (χ4v) is 1.96. The number of rotatable bonds is 4. The van der Waals surface area contributed by atoms with Crippen LogP contribution in [0.25, 0.3) is 0 Å². The van der Waals surface area contributed by atoms with Gasteiger partial charge in [-0.25, -0.2) is 0 Å². The van der Waals surface area contributed by atoms with Crippen LogP contribution in [0.5, 0.6) is 0 Å². The maximum Gasteiger partial charge on any atom is 0.0667 e. The van der Waals surface area contributed by atoms with Crippen molar-refractivity contribution in [2.75, 3.05) is 19.6 Å². The van der Waals surface area contributed by atoms with Crippen LogP contribution >= 0.6 is 0 Å². The largest absolute Gasteiger partial charge is 0.392 e. The number of hydrogen-bond donors (Lipinski definition) is 1. The lowest BCUT2D eigenvalue weighted by Crippen LogP contribution is -2.38. The molecule has 1 rings (SSSR count). The predicted molar refractivity (Wildman–Crippen MR) is 55.8 cm³/mol. The van der Waals surface area contributed by atoms with Gasteiger partial charge in [0.2, 0.25) is 0 Å². The Balaban J connectivity index is 2.06. The Morgan fingerprint density at radius 3 is 2.85 bits per heavy atom. The van der Waals surface area contributed by atoms with Crippen molar-refractivity contribution in [2.45, 2.75) is 45.6 Å². The number of nitrogens with zero attached hydrogens (tertiary/aromatic N) is 1. The summed E-state index contributed by atoms with van der Waals surface area (Å²) in [5.41, 5.74) is 0. The molecule has 0 spiro atoms.